The molecule has 0 amide bonds. The third-order valence-corrected chi connectivity index (χ3v) is 3.51. The molecule has 0 N–H and O–H groups in total. The number of rotatable bonds is 4. The van der Waals surface area contributed by atoms with E-state index in [1.807, 2.05) is 43.7 Å². The fraction of sp³-hybridized carbons (Fsp3) is 0.231. The van der Waals surface area contributed by atoms with Crippen LogP contribution in [0, 0.1) is 0 Å². The smallest absolute Gasteiger partial charge is 0.159 e. The summed E-state index contributed by atoms with van der Waals surface area (Å²) < 4.78 is 1.80. The van der Waals surface area contributed by atoms with E-state index in [4.69, 9.17) is 0 Å². The van der Waals surface area contributed by atoms with Gasteiger partial charge in [0.05, 0.1) is 6.20 Å². The van der Waals surface area contributed by atoms with Crippen molar-refractivity contribution in [1.82, 2.24) is 9.78 Å². The molecule has 17 heavy (non-hydrogen) atoms. The van der Waals surface area contributed by atoms with Crippen molar-refractivity contribution in [1.29, 1.82) is 0 Å². The number of thioether (sulfide) groups is 1. The van der Waals surface area contributed by atoms with Crippen LogP contribution in [0.15, 0.2) is 41.6 Å². The van der Waals surface area contributed by atoms with Crippen molar-refractivity contribution in [2.75, 3.05) is 0 Å². The van der Waals surface area contributed by atoms with Crippen molar-refractivity contribution >= 4 is 17.5 Å². The minimum absolute atomic E-state index is 0.105. The largest absolute Gasteiger partial charge is 0.295 e. The molecule has 3 nitrogen and oxygen atoms in total. The second-order valence-corrected chi connectivity index (χ2v) is 4.94. The fourth-order valence-electron chi connectivity index (χ4n) is 1.50. The fourth-order valence-corrected chi connectivity index (χ4v) is 2.31. The van der Waals surface area contributed by atoms with E-state index in [1.165, 1.54) is 10.5 Å². The normalized spacial score (nSPS) is 10.5. The highest BCUT2D eigenvalue weighted by molar-refractivity contribution is 7.98. The summed E-state index contributed by atoms with van der Waals surface area (Å²) in [5, 5.41) is 4.12. The molecule has 0 aliphatic heterocycles. The molecular formula is C13H14N2OS. The lowest BCUT2D eigenvalue weighted by Crippen LogP contribution is -1.90. The second-order valence-electron chi connectivity index (χ2n) is 3.89. The van der Waals surface area contributed by atoms with Gasteiger partial charge in [-0.15, -0.1) is 11.8 Å². The first kappa shape index (κ1) is 11.9. The van der Waals surface area contributed by atoms with Gasteiger partial charge in [0.25, 0.3) is 0 Å². The van der Waals surface area contributed by atoms with Crippen LogP contribution >= 0.6 is 11.8 Å². The van der Waals surface area contributed by atoms with Crippen LogP contribution in [-0.4, -0.2) is 15.6 Å². The lowest BCUT2D eigenvalue weighted by molar-refractivity contribution is 0.101. The molecule has 2 rings (SSSR count). The van der Waals surface area contributed by atoms with E-state index in [-0.39, 0.29) is 5.78 Å². The minimum atomic E-state index is 0.105. The van der Waals surface area contributed by atoms with Gasteiger partial charge in [-0.1, -0.05) is 12.1 Å². The molecule has 0 radical (unpaired) electrons. The predicted octanol–water partition coefficient (Wildman–Crippen LogP) is 2.92. The molecular weight excluding hydrogens is 232 g/mol. The zero-order valence-corrected chi connectivity index (χ0v) is 10.7. The molecule has 0 bridgehead atoms. The van der Waals surface area contributed by atoms with E-state index in [0.29, 0.717) is 0 Å². The van der Waals surface area contributed by atoms with Crippen LogP contribution in [0.2, 0.25) is 0 Å². The molecule has 0 saturated heterocycles. The highest BCUT2D eigenvalue weighted by Crippen LogP contribution is 2.22. The average molecular weight is 246 g/mol. The van der Waals surface area contributed by atoms with Crippen molar-refractivity contribution in [3.05, 3.63) is 47.8 Å². The molecule has 0 aliphatic rings. The summed E-state index contributed by atoms with van der Waals surface area (Å²) in [6.07, 6.45) is 3.88. The van der Waals surface area contributed by atoms with Crippen LogP contribution in [-0.2, 0) is 12.8 Å². The minimum Gasteiger partial charge on any atom is -0.295 e. The Labute approximate surface area is 105 Å². The first-order valence-corrected chi connectivity index (χ1v) is 6.35. The quantitative estimate of drug-likeness (QED) is 0.614. The highest BCUT2D eigenvalue weighted by Gasteiger charge is 2.01. The Morgan fingerprint density at radius 2 is 2.06 bits per heavy atom. The van der Waals surface area contributed by atoms with Crippen LogP contribution in [0.1, 0.15) is 22.8 Å². The van der Waals surface area contributed by atoms with Crippen molar-refractivity contribution in [2.24, 2.45) is 7.05 Å². The van der Waals surface area contributed by atoms with Gasteiger partial charge in [0, 0.05) is 35.0 Å². The van der Waals surface area contributed by atoms with Gasteiger partial charge in [-0.3, -0.25) is 9.48 Å². The summed E-state index contributed by atoms with van der Waals surface area (Å²) in [7, 11) is 1.91. The number of Topliss-reactive ketones (excluding diaryl/α,β-unsaturated/α-hetero) is 1. The van der Waals surface area contributed by atoms with Gasteiger partial charge in [-0.05, 0) is 19.1 Å². The zero-order chi connectivity index (χ0) is 12.3. The van der Waals surface area contributed by atoms with Gasteiger partial charge >= 0.3 is 0 Å². The Morgan fingerprint density at radius 1 is 1.35 bits per heavy atom. The Hall–Kier alpha value is -1.55. The van der Waals surface area contributed by atoms with Crippen molar-refractivity contribution < 1.29 is 4.79 Å². The Morgan fingerprint density at radius 3 is 2.59 bits per heavy atom. The molecule has 0 atom stereocenters. The summed E-state index contributed by atoms with van der Waals surface area (Å²) in [5.74, 6) is 1.00. The molecule has 1 aromatic heterocycles. The number of ketones is 1. The number of carbonyl (C=O) groups excluding carboxylic acids is 1. The topological polar surface area (TPSA) is 34.9 Å². The van der Waals surface area contributed by atoms with Gasteiger partial charge < -0.3 is 0 Å². The maximum atomic E-state index is 11.1. The van der Waals surface area contributed by atoms with Gasteiger partial charge in [0.1, 0.15) is 0 Å². The van der Waals surface area contributed by atoms with E-state index in [0.717, 1.165) is 11.3 Å². The molecule has 0 saturated carbocycles. The maximum absolute atomic E-state index is 11.1. The van der Waals surface area contributed by atoms with Gasteiger partial charge in [-0.25, -0.2) is 0 Å². The molecule has 88 valence electrons. The molecule has 0 unspecified atom stereocenters. The standard InChI is InChI=1S/C13H14N2OS/c1-10(16)12-3-5-13(6-4-12)17-9-11-7-14-15(2)8-11/h3-8H,9H2,1-2H3. The molecule has 4 heteroatoms. The maximum Gasteiger partial charge on any atom is 0.159 e. The Bertz CT molecular complexity index is 516. The number of carbonyl (C=O) groups is 1. The van der Waals surface area contributed by atoms with Crippen LogP contribution in [0.3, 0.4) is 0 Å². The van der Waals surface area contributed by atoms with Crippen LogP contribution < -0.4 is 0 Å². The van der Waals surface area contributed by atoms with E-state index in [2.05, 4.69) is 5.10 Å². The number of hydrogen-bond acceptors (Lipinski definition) is 3. The number of benzene rings is 1. The molecule has 0 spiro atoms. The first-order chi connectivity index (χ1) is 8.15. The van der Waals surface area contributed by atoms with Crippen molar-refractivity contribution in [2.45, 2.75) is 17.6 Å². The van der Waals surface area contributed by atoms with Crippen molar-refractivity contribution in [3.8, 4) is 0 Å². The molecule has 1 aromatic carbocycles. The van der Waals surface area contributed by atoms with Crippen LogP contribution in [0.5, 0.6) is 0 Å². The van der Waals surface area contributed by atoms with E-state index in [1.54, 1.807) is 23.4 Å². The monoisotopic (exact) mass is 246 g/mol. The lowest BCUT2D eigenvalue weighted by atomic mass is 10.2. The third-order valence-electron chi connectivity index (χ3n) is 2.42. The molecule has 1 heterocycles. The van der Waals surface area contributed by atoms with Crippen molar-refractivity contribution in [3.63, 3.8) is 0 Å². The third kappa shape index (κ3) is 3.20. The van der Waals surface area contributed by atoms with E-state index >= 15 is 0 Å². The predicted molar refractivity (Wildman–Crippen MR) is 69.2 cm³/mol. The highest BCUT2D eigenvalue weighted by atomic mass is 32.2. The number of hydrogen-bond donors (Lipinski definition) is 0. The number of aryl methyl sites for hydroxylation is 1. The SMILES string of the molecule is CC(=O)c1ccc(SCc2cnn(C)c2)cc1. The van der Waals surface area contributed by atoms with E-state index < -0.39 is 0 Å². The summed E-state index contributed by atoms with van der Waals surface area (Å²) in [6.45, 7) is 1.58. The van der Waals surface area contributed by atoms with E-state index in [9.17, 15) is 4.79 Å². The second kappa shape index (κ2) is 5.19. The summed E-state index contributed by atoms with van der Waals surface area (Å²) in [6, 6.07) is 7.71. The van der Waals surface area contributed by atoms with Gasteiger partial charge in [-0.2, -0.15) is 5.10 Å². The Balaban J connectivity index is 1.97. The summed E-state index contributed by atoms with van der Waals surface area (Å²) >= 11 is 1.74. The lowest BCUT2D eigenvalue weighted by Gasteiger charge is -2.00. The number of aromatic nitrogens is 2. The average Bonchev–Trinajstić information content (AvgIpc) is 2.73. The summed E-state index contributed by atoms with van der Waals surface area (Å²) in [5.41, 5.74) is 1.96. The molecule has 0 aliphatic carbocycles. The van der Waals surface area contributed by atoms with Crippen LogP contribution in [0.25, 0.3) is 0 Å². The van der Waals surface area contributed by atoms with Crippen LogP contribution in [0.4, 0.5) is 0 Å². The first-order valence-electron chi connectivity index (χ1n) is 5.36. The molecule has 0 fully saturated rings. The summed E-state index contributed by atoms with van der Waals surface area (Å²) in [4.78, 5) is 12.3. The number of nitrogens with zero attached hydrogens (tertiary/aromatic N) is 2. The Kier molecular flexibility index (Phi) is 3.64. The zero-order valence-electron chi connectivity index (χ0n) is 9.88. The van der Waals surface area contributed by atoms with Gasteiger partial charge in [0.15, 0.2) is 5.78 Å². The molecule has 2 aromatic rings. The van der Waals surface area contributed by atoms with Gasteiger partial charge in [0.2, 0.25) is 0 Å².